The predicted molar refractivity (Wildman–Crippen MR) is 113 cm³/mol. The maximum atomic E-state index is 13.0. The second-order valence-corrected chi connectivity index (χ2v) is 10.00. The van der Waals surface area contributed by atoms with Crippen LogP contribution in [0.15, 0.2) is 24.3 Å². The summed E-state index contributed by atoms with van der Waals surface area (Å²) >= 11 is 12.2. The third-order valence-electron chi connectivity index (χ3n) is 4.77. The van der Waals surface area contributed by atoms with Crippen molar-refractivity contribution in [3.63, 3.8) is 0 Å². The van der Waals surface area contributed by atoms with Gasteiger partial charge in [0.15, 0.2) is 5.69 Å². The van der Waals surface area contributed by atoms with Gasteiger partial charge in [0.25, 0.3) is 16.1 Å². The van der Waals surface area contributed by atoms with E-state index < -0.39 is 10.2 Å². The van der Waals surface area contributed by atoms with Crippen LogP contribution in [0.2, 0.25) is 10.0 Å². The van der Waals surface area contributed by atoms with Crippen molar-refractivity contribution in [1.82, 2.24) is 23.3 Å². The van der Waals surface area contributed by atoms with Crippen LogP contribution in [0.1, 0.15) is 22.6 Å². The van der Waals surface area contributed by atoms with Gasteiger partial charge >= 0.3 is 0 Å². The van der Waals surface area contributed by atoms with E-state index in [4.69, 9.17) is 23.2 Å². The summed E-state index contributed by atoms with van der Waals surface area (Å²) in [5.74, 6) is -0.235. The smallest absolute Gasteiger partial charge is 0.281 e. The van der Waals surface area contributed by atoms with E-state index >= 15 is 0 Å². The van der Waals surface area contributed by atoms with Crippen molar-refractivity contribution in [2.45, 2.75) is 13.3 Å². The lowest BCUT2D eigenvalue weighted by atomic mass is 10.3. The third kappa shape index (κ3) is 4.59. The minimum atomic E-state index is -3.50. The van der Waals surface area contributed by atoms with Crippen LogP contribution >= 0.6 is 23.2 Å². The van der Waals surface area contributed by atoms with Crippen LogP contribution in [0.25, 0.3) is 5.69 Å². The van der Waals surface area contributed by atoms with Crippen LogP contribution in [0, 0.1) is 6.92 Å². The molecule has 0 unspecified atom stereocenters. The van der Waals surface area contributed by atoms with E-state index in [1.54, 1.807) is 33.8 Å². The first-order valence-electron chi connectivity index (χ1n) is 9.10. The lowest BCUT2D eigenvalue weighted by molar-refractivity contribution is 0.0757. The average Bonchev–Trinajstić information content (AvgIpc) is 2.87. The fourth-order valence-electron chi connectivity index (χ4n) is 3.20. The van der Waals surface area contributed by atoms with Gasteiger partial charge in [0.2, 0.25) is 0 Å². The van der Waals surface area contributed by atoms with Gasteiger partial charge in [-0.15, -0.1) is 0 Å². The molecular formula is C18H23Cl2N5O3S. The maximum Gasteiger partial charge on any atom is 0.281 e. The molecule has 2 aromatic rings. The molecule has 11 heteroatoms. The molecule has 0 saturated carbocycles. The van der Waals surface area contributed by atoms with Gasteiger partial charge in [-0.05, 0) is 37.6 Å². The lowest BCUT2D eigenvalue weighted by Gasteiger charge is -2.24. The van der Waals surface area contributed by atoms with Gasteiger partial charge in [-0.1, -0.05) is 23.2 Å². The summed E-state index contributed by atoms with van der Waals surface area (Å²) < 4.78 is 28.9. The lowest BCUT2D eigenvalue weighted by Crippen LogP contribution is -2.42. The van der Waals surface area contributed by atoms with Crippen LogP contribution in [-0.2, 0) is 10.2 Å². The fraction of sp³-hybridized carbons (Fsp3) is 0.444. The summed E-state index contributed by atoms with van der Waals surface area (Å²) in [5.41, 5.74) is 1.67. The Bertz CT molecular complexity index is 1020. The van der Waals surface area contributed by atoms with Gasteiger partial charge in [-0.25, -0.2) is 4.68 Å². The molecule has 0 bridgehead atoms. The van der Waals surface area contributed by atoms with E-state index in [0.29, 0.717) is 41.8 Å². The van der Waals surface area contributed by atoms with Gasteiger partial charge in [-0.2, -0.15) is 22.1 Å². The number of benzene rings is 1. The summed E-state index contributed by atoms with van der Waals surface area (Å²) in [4.78, 5) is 14.6. The van der Waals surface area contributed by atoms with Crippen LogP contribution in [0.4, 0.5) is 0 Å². The first-order chi connectivity index (χ1) is 13.6. The Hall–Kier alpha value is -1.65. The Morgan fingerprint density at radius 1 is 1.10 bits per heavy atom. The molecular weight excluding hydrogens is 437 g/mol. The summed E-state index contributed by atoms with van der Waals surface area (Å²) in [5, 5.41) is 5.38. The highest BCUT2D eigenvalue weighted by molar-refractivity contribution is 7.86. The van der Waals surface area contributed by atoms with Crippen molar-refractivity contribution >= 4 is 39.3 Å². The van der Waals surface area contributed by atoms with Crippen LogP contribution in [0.5, 0.6) is 0 Å². The molecule has 1 aliphatic rings. The highest BCUT2D eigenvalue weighted by atomic mass is 35.5. The standard InChI is InChI=1S/C18H23Cl2N5O3S/c1-13-11-16(21-25(13)17-6-5-14(19)12-15(17)20)18(26)23-7-4-8-24(10-9-23)29(27,28)22(2)3/h5-6,11-12H,4,7-10H2,1-3H3. The fourth-order valence-corrected chi connectivity index (χ4v) is 4.82. The Balaban J connectivity index is 1.79. The number of hydrogen-bond acceptors (Lipinski definition) is 4. The van der Waals surface area contributed by atoms with Crippen LogP contribution in [0.3, 0.4) is 0 Å². The SMILES string of the molecule is Cc1cc(C(=O)N2CCCN(S(=O)(=O)N(C)C)CC2)nn1-c1ccc(Cl)cc1Cl. The zero-order valence-electron chi connectivity index (χ0n) is 16.5. The summed E-state index contributed by atoms with van der Waals surface area (Å²) in [6.45, 7) is 3.22. The van der Waals surface area contributed by atoms with Crippen molar-refractivity contribution in [2.75, 3.05) is 40.3 Å². The molecule has 1 aromatic carbocycles. The number of rotatable bonds is 4. The van der Waals surface area contributed by atoms with Gasteiger partial charge < -0.3 is 4.90 Å². The van der Waals surface area contributed by atoms with E-state index in [1.165, 1.54) is 22.7 Å². The average molecular weight is 460 g/mol. The van der Waals surface area contributed by atoms with E-state index in [9.17, 15) is 13.2 Å². The Morgan fingerprint density at radius 3 is 2.48 bits per heavy atom. The van der Waals surface area contributed by atoms with Crippen molar-refractivity contribution in [2.24, 2.45) is 0 Å². The number of nitrogens with zero attached hydrogens (tertiary/aromatic N) is 5. The summed E-state index contributed by atoms with van der Waals surface area (Å²) in [6, 6.07) is 6.77. The van der Waals surface area contributed by atoms with E-state index in [2.05, 4.69) is 5.10 Å². The topological polar surface area (TPSA) is 78.8 Å². The second kappa shape index (κ2) is 8.61. The first-order valence-corrected chi connectivity index (χ1v) is 11.3. The summed E-state index contributed by atoms with van der Waals surface area (Å²) in [7, 11) is -0.500. The van der Waals surface area contributed by atoms with Crippen LogP contribution < -0.4 is 0 Å². The zero-order chi connectivity index (χ0) is 21.3. The molecule has 2 heterocycles. The first kappa shape index (κ1) is 22.0. The molecule has 29 heavy (non-hydrogen) atoms. The molecule has 1 fully saturated rings. The number of carbonyl (C=O) groups excluding carboxylic acids is 1. The van der Waals surface area contributed by atoms with Crippen molar-refractivity contribution in [1.29, 1.82) is 0 Å². The second-order valence-electron chi connectivity index (χ2n) is 7.01. The molecule has 1 aliphatic heterocycles. The molecule has 0 atom stereocenters. The summed E-state index contributed by atoms with van der Waals surface area (Å²) in [6.07, 6.45) is 0.557. The number of halogens is 2. The van der Waals surface area contributed by atoms with Crippen molar-refractivity contribution in [3.05, 3.63) is 45.7 Å². The Morgan fingerprint density at radius 2 is 1.83 bits per heavy atom. The predicted octanol–water partition coefficient (Wildman–Crippen LogP) is 2.44. The number of aromatic nitrogens is 2. The van der Waals surface area contributed by atoms with E-state index in [-0.39, 0.29) is 18.1 Å². The van der Waals surface area contributed by atoms with E-state index in [1.807, 2.05) is 6.92 Å². The molecule has 1 aromatic heterocycles. The zero-order valence-corrected chi connectivity index (χ0v) is 18.8. The largest absolute Gasteiger partial charge is 0.336 e. The van der Waals surface area contributed by atoms with Crippen LogP contribution in [-0.4, -0.2) is 77.9 Å². The monoisotopic (exact) mass is 459 g/mol. The highest BCUT2D eigenvalue weighted by Crippen LogP contribution is 2.25. The number of aryl methyl sites for hydroxylation is 1. The van der Waals surface area contributed by atoms with Crippen molar-refractivity contribution in [3.8, 4) is 5.69 Å². The van der Waals surface area contributed by atoms with E-state index in [0.717, 1.165) is 5.69 Å². The van der Waals surface area contributed by atoms with Gasteiger partial charge in [0.05, 0.1) is 10.7 Å². The Labute approximate surface area is 180 Å². The minimum Gasteiger partial charge on any atom is -0.336 e. The number of amides is 1. The number of hydrogen-bond donors (Lipinski definition) is 0. The quantitative estimate of drug-likeness (QED) is 0.702. The number of carbonyl (C=O) groups is 1. The molecule has 1 amide bonds. The molecule has 1 saturated heterocycles. The molecule has 3 rings (SSSR count). The van der Waals surface area contributed by atoms with Gasteiger partial charge in [0, 0.05) is 51.0 Å². The van der Waals surface area contributed by atoms with Gasteiger partial charge in [-0.3, -0.25) is 4.79 Å². The molecule has 8 nitrogen and oxygen atoms in total. The highest BCUT2D eigenvalue weighted by Gasteiger charge is 2.29. The molecule has 0 spiro atoms. The maximum absolute atomic E-state index is 13.0. The minimum absolute atomic E-state index is 0.235. The normalized spacial score (nSPS) is 16.3. The van der Waals surface area contributed by atoms with Gasteiger partial charge in [0.1, 0.15) is 0 Å². The van der Waals surface area contributed by atoms with Crippen molar-refractivity contribution < 1.29 is 13.2 Å². The third-order valence-corrected chi connectivity index (χ3v) is 7.25. The molecule has 0 aliphatic carbocycles. The molecule has 0 N–H and O–H groups in total. The Kier molecular flexibility index (Phi) is 6.54. The molecule has 158 valence electrons. The molecule has 0 radical (unpaired) electrons.